The molecule has 0 atom stereocenters. The first kappa shape index (κ1) is 39.8. The van der Waals surface area contributed by atoms with Crippen LogP contribution in [0.3, 0.4) is 0 Å². The van der Waals surface area contributed by atoms with Gasteiger partial charge in [-0.05, 0) is 104 Å². The quantitative estimate of drug-likeness (QED) is 0.157. The highest BCUT2D eigenvalue weighted by Gasteiger charge is 2.22. The van der Waals surface area contributed by atoms with Crippen molar-refractivity contribution in [1.82, 2.24) is 19.1 Å². The number of fused-ring (bicyclic) bond motifs is 9. The van der Waals surface area contributed by atoms with Crippen LogP contribution in [0.5, 0.6) is 0 Å². The summed E-state index contributed by atoms with van der Waals surface area (Å²) in [4.78, 5) is 10.8. The molecule has 67 heavy (non-hydrogen) atoms. The van der Waals surface area contributed by atoms with Crippen molar-refractivity contribution in [3.63, 3.8) is 0 Å². The molecule has 0 radical (unpaired) electrons. The minimum Gasteiger partial charge on any atom is -0.456 e. The van der Waals surface area contributed by atoms with Gasteiger partial charge in [-0.2, -0.15) is 0 Å². The Hall–Kier alpha value is -8.80. The molecular formula is C62H44N4O. The maximum Gasteiger partial charge on any atom is 0.161 e. The molecule has 0 aliphatic rings. The second-order valence-electron chi connectivity index (χ2n) is 16.8. The van der Waals surface area contributed by atoms with E-state index in [-0.39, 0.29) is 0 Å². The van der Waals surface area contributed by atoms with E-state index in [4.69, 9.17) is 14.4 Å². The molecule has 0 aliphatic heterocycles. The molecule has 0 saturated carbocycles. The summed E-state index contributed by atoms with van der Waals surface area (Å²) in [7, 11) is 0. The maximum atomic E-state index is 6.24. The standard InChI is InChI=1S/C58H36N4O.C4H8/c1-4-16-37(17-5-1)50-36-51(38-18-6-2-7-19-38)60-58(59-50)49-35-55-47(43-23-11-13-25-52(43)61(55)40-20-8-3-9-21-40)34-45(49)39-28-30-54-46(32-39)42-22-10-14-26-53(42)62(54)41-29-31-57-48(33-41)44-24-12-15-27-56(44)63-57;1-3-4-2/h1-36H;3-4H,1-2H3/b;4-3-. The minimum absolute atomic E-state index is 0.667. The SMILES string of the molecule is C/C=C\C.c1ccc(-c2cc(-c3ccccc3)nc(-c3cc4c(cc3-c3ccc5c(c3)c3ccccc3n5-c3ccc5oc6ccccc6c5c3)c3ccccc3n4-c3ccccc3)n2)cc1. The Balaban J connectivity index is 0.00000113. The van der Waals surface area contributed by atoms with E-state index in [1.807, 2.05) is 50.3 Å². The number of benzene rings is 9. The molecule has 5 heteroatoms. The lowest BCUT2D eigenvalue weighted by Crippen LogP contribution is -1.99. The van der Waals surface area contributed by atoms with Crippen LogP contribution in [-0.4, -0.2) is 19.1 Å². The zero-order valence-electron chi connectivity index (χ0n) is 37.1. The van der Waals surface area contributed by atoms with E-state index < -0.39 is 0 Å². The third kappa shape index (κ3) is 6.88. The van der Waals surface area contributed by atoms with Crippen LogP contribution in [0.25, 0.3) is 122 Å². The highest BCUT2D eigenvalue weighted by atomic mass is 16.3. The lowest BCUT2D eigenvalue weighted by atomic mass is 9.94. The largest absolute Gasteiger partial charge is 0.456 e. The van der Waals surface area contributed by atoms with Crippen LogP contribution in [0.15, 0.2) is 235 Å². The molecule has 9 aromatic carbocycles. The molecule has 0 amide bonds. The molecule has 0 aliphatic carbocycles. The van der Waals surface area contributed by atoms with Crippen molar-refractivity contribution in [2.75, 3.05) is 0 Å². The average molecular weight is 861 g/mol. The van der Waals surface area contributed by atoms with E-state index in [0.29, 0.717) is 5.82 Å². The van der Waals surface area contributed by atoms with E-state index in [1.165, 1.54) is 21.5 Å². The van der Waals surface area contributed by atoms with Gasteiger partial charge in [0.25, 0.3) is 0 Å². The second-order valence-corrected chi connectivity index (χ2v) is 16.8. The average Bonchev–Trinajstić information content (AvgIpc) is 4.06. The molecule has 0 N–H and O–H groups in total. The van der Waals surface area contributed by atoms with E-state index in [1.54, 1.807) is 0 Å². The normalized spacial score (nSPS) is 11.7. The fourth-order valence-corrected chi connectivity index (χ4v) is 9.65. The maximum absolute atomic E-state index is 6.24. The number of hydrogen-bond acceptors (Lipinski definition) is 3. The Bertz CT molecular complexity index is 3930. The van der Waals surface area contributed by atoms with Crippen molar-refractivity contribution >= 4 is 65.6 Å². The monoisotopic (exact) mass is 860 g/mol. The summed E-state index contributed by atoms with van der Waals surface area (Å²) in [5, 5.41) is 6.92. The van der Waals surface area contributed by atoms with Gasteiger partial charge in [0, 0.05) is 60.4 Å². The zero-order chi connectivity index (χ0) is 44.8. The van der Waals surface area contributed by atoms with Crippen LogP contribution in [0, 0.1) is 0 Å². The van der Waals surface area contributed by atoms with E-state index in [2.05, 4.69) is 203 Å². The highest BCUT2D eigenvalue weighted by molar-refractivity contribution is 6.15. The Morgan fingerprint density at radius 3 is 1.51 bits per heavy atom. The van der Waals surface area contributed by atoms with E-state index in [9.17, 15) is 0 Å². The summed E-state index contributed by atoms with van der Waals surface area (Å²) in [6, 6.07) is 77.4. The first-order chi connectivity index (χ1) is 33.1. The lowest BCUT2D eigenvalue weighted by Gasteiger charge is -2.15. The van der Waals surface area contributed by atoms with Crippen LogP contribution in [0.1, 0.15) is 13.8 Å². The smallest absolute Gasteiger partial charge is 0.161 e. The Morgan fingerprint density at radius 1 is 0.343 bits per heavy atom. The number of aromatic nitrogens is 4. The van der Waals surface area contributed by atoms with Gasteiger partial charge in [0.15, 0.2) is 5.82 Å². The molecule has 0 unspecified atom stereocenters. The van der Waals surface area contributed by atoms with Crippen molar-refractivity contribution in [2.45, 2.75) is 13.8 Å². The summed E-state index contributed by atoms with van der Waals surface area (Å²) in [5.74, 6) is 0.667. The third-order valence-corrected chi connectivity index (χ3v) is 12.9. The van der Waals surface area contributed by atoms with Gasteiger partial charge in [-0.15, -0.1) is 0 Å². The first-order valence-corrected chi connectivity index (χ1v) is 22.8. The predicted octanol–water partition coefficient (Wildman–Crippen LogP) is 16.8. The molecule has 4 aromatic heterocycles. The topological polar surface area (TPSA) is 48.8 Å². The summed E-state index contributed by atoms with van der Waals surface area (Å²) in [6.07, 6.45) is 4.00. The molecule has 318 valence electrons. The Labute approximate surface area is 388 Å². The van der Waals surface area contributed by atoms with Crippen LogP contribution < -0.4 is 0 Å². The molecule has 0 spiro atoms. The fourth-order valence-electron chi connectivity index (χ4n) is 9.65. The van der Waals surface area contributed by atoms with Crippen molar-refractivity contribution < 1.29 is 4.42 Å². The van der Waals surface area contributed by atoms with Crippen LogP contribution in [-0.2, 0) is 0 Å². The first-order valence-electron chi connectivity index (χ1n) is 22.8. The van der Waals surface area contributed by atoms with Crippen LogP contribution in [0.2, 0.25) is 0 Å². The Kier molecular flexibility index (Phi) is 9.88. The number of para-hydroxylation sites is 4. The van der Waals surface area contributed by atoms with Gasteiger partial charge in [-0.1, -0.05) is 152 Å². The second kappa shape index (κ2) is 16.6. The van der Waals surface area contributed by atoms with Crippen LogP contribution in [0.4, 0.5) is 0 Å². The summed E-state index contributed by atoms with van der Waals surface area (Å²) in [5.41, 5.74) is 15.4. The zero-order valence-corrected chi connectivity index (χ0v) is 37.1. The van der Waals surface area contributed by atoms with Gasteiger partial charge < -0.3 is 13.6 Å². The fraction of sp³-hybridized carbons (Fsp3) is 0.0323. The van der Waals surface area contributed by atoms with Gasteiger partial charge in [-0.3, -0.25) is 0 Å². The van der Waals surface area contributed by atoms with Crippen LogP contribution >= 0.6 is 0 Å². The van der Waals surface area contributed by atoms with Gasteiger partial charge in [0.1, 0.15) is 11.2 Å². The van der Waals surface area contributed by atoms with Crippen molar-refractivity contribution in [1.29, 1.82) is 0 Å². The molecule has 13 rings (SSSR count). The number of rotatable bonds is 6. The van der Waals surface area contributed by atoms with Gasteiger partial charge in [-0.25, -0.2) is 9.97 Å². The highest BCUT2D eigenvalue weighted by Crippen LogP contribution is 2.43. The summed E-state index contributed by atoms with van der Waals surface area (Å²) < 4.78 is 11.0. The van der Waals surface area contributed by atoms with E-state index in [0.717, 1.165) is 94.6 Å². The molecular weight excluding hydrogens is 817 g/mol. The molecule has 5 nitrogen and oxygen atoms in total. The van der Waals surface area contributed by atoms with Crippen molar-refractivity contribution in [3.8, 4) is 56.4 Å². The van der Waals surface area contributed by atoms with Gasteiger partial charge >= 0.3 is 0 Å². The van der Waals surface area contributed by atoms with Gasteiger partial charge in [0.2, 0.25) is 0 Å². The number of allylic oxidation sites excluding steroid dienone is 2. The number of nitrogens with zero attached hydrogens (tertiary/aromatic N) is 4. The van der Waals surface area contributed by atoms with E-state index >= 15 is 0 Å². The lowest BCUT2D eigenvalue weighted by molar-refractivity contribution is 0.669. The molecule has 0 saturated heterocycles. The number of furan rings is 1. The molecule has 0 fully saturated rings. The van der Waals surface area contributed by atoms with Gasteiger partial charge in [0.05, 0.1) is 33.5 Å². The summed E-state index contributed by atoms with van der Waals surface area (Å²) >= 11 is 0. The summed E-state index contributed by atoms with van der Waals surface area (Å²) in [6.45, 7) is 4.00. The minimum atomic E-state index is 0.667. The molecule has 4 heterocycles. The Morgan fingerprint density at radius 2 is 0.866 bits per heavy atom. The van der Waals surface area contributed by atoms with Crippen molar-refractivity contribution in [2.24, 2.45) is 0 Å². The number of hydrogen-bond donors (Lipinski definition) is 0. The molecule has 13 aromatic rings. The third-order valence-electron chi connectivity index (χ3n) is 12.9. The predicted molar refractivity (Wildman–Crippen MR) is 280 cm³/mol. The van der Waals surface area contributed by atoms with Crippen molar-refractivity contribution in [3.05, 3.63) is 231 Å². The molecule has 0 bridgehead atoms.